The predicted octanol–water partition coefficient (Wildman–Crippen LogP) is 3.63. The summed E-state index contributed by atoms with van der Waals surface area (Å²) in [7, 11) is 0. The van der Waals surface area contributed by atoms with Crippen molar-refractivity contribution in [3.8, 4) is 0 Å². The van der Waals surface area contributed by atoms with E-state index >= 15 is 0 Å². The van der Waals surface area contributed by atoms with Gasteiger partial charge in [-0.3, -0.25) is 9.59 Å². The molecule has 0 radical (unpaired) electrons. The number of rotatable bonds is 6. The number of nitrogens with one attached hydrogen (secondary N) is 1. The van der Waals surface area contributed by atoms with E-state index in [0.29, 0.717) is 0 Å². The third kappa shape index (κ3) is 5.06. The van der Waals surface area contributed by atoms with Gasteiger partial charge in [0.15, 0.2) is 6.61 Å². The highest BCUT2D eigenvalue weighted by molar-refractivity contribution is 8.00. The number of thioether (sulfide) groups is 1. The molecule has 126 valence electrons. The fourth-order valence-corrected chi connectivity index (χ4v) is 2.68. The van der Waals surface area contributed by atoms with Crippen molar-refractivity contribution in [2.75, 3.05) is 11.9 Å². The minimum Gasteiger partial charge on any atom is -0.455 e. The summed E-state index contributed by atoms with van der Waals surface area (Å²) in [5.74, 6) is -3.21. The van der Waals surface area contributed by atoms with Crippen LogP contribution in [0.2, 0.25) is 0 Å². The number of amides is 1. The molecule has 1 N–H and O–H groups in total. The number of hydrogen-bond acceptors (Lipinski definition) is 4. The average Bonchev–Trinajstić information content (AvgIpc) is 2.57. The van der Waals surface area contributed by atoms with E-state index in [4.69, 9.17) is 4.74 Å². The van der Waals surface area contributed by atoms with Crippen LogP contribution in [0, 0.1) is 11.6 Å². The number of hydrogen-bond donors (Lipinski definition) is 1. The number of carbonyl (C=O) groups excluding carboxylic acids is 2. The first kappa shape index (κ1) is 17.9. The molecule has 0 saturated heterocycles. The third-order valence-corrected chi connectivity index (χ3v) is 4.05. The molecule has 0 saturated carbocycles. The summed E-state index contributed by atoms with van der Waals surface area (Å²) in [6.07, 6.45) is 0. The van der Waals surface area contributed by atoms with Crippen LogP contribution in [-0.4, -0.2) is 23.7 Å². The van der Waals surface area contributed by atoms with Gasteiger partial charge in [-0.15, -0.1) is 11.8 Å². The third-order valence-electron chi connectivity index (χ3n) is 2.96. The Labute approximate surface area is 142 Å². The lowest BCUT2D eigenvalue weighted by atomic mass is 10.3. The van der Waals surface area contributed by atoms with Crippen LogP contribution in [0.1, 0.15) is 6.92 Å². The van der Waals surface area contributed by atoms with Crippen LogP contribution < -0.4 is 5.32 Å². The van der Waals surface area contributed by atoms with Crippen LogP contribution in [-0.2, 0) is 14.3 Å². The van der Waals surface area contributed by atoms with Crippen molar-refractivity contribution in [3.63, 3.8) is 0 Å². The number of para-hydroxylation sites is 1. The van der Waals surface area contributed by atoms with Crippen molar-refractivity contribution in [1.82, 2.24) is 0 Å². The van der Waals surface area contributed by atoms with E-state index in [0.717, 1.165) is 17.0 Å². The van der Waals surface area contributed by atoms with Crippen LogP contribution in [0.15, 0.2) is 53.4 Å². The van der Waals surface area contributed by atoms with Gasteiger partial charge in [0.25, 0.3) is 5.91 Å². The molecule has 24 heavy (non-hydrogen) atoms. The number of benzene rings is 2. The van der Waals surface area contributed by atoms with Crippen LogP contribution >= 0.6 is 11.8 Å². The van der Waals surface area contributed by atoms with Gasteiger partial charge in [-0.25, -0.2) is 8.78 Å². The molecule has 0 aliphatic heterocycles. The number of halogens is 2. The van der Waals surface area contributed by atoms with Gasteiger partial charge in [0.05, 0.1) is 0 Å². The Hall–Kier alpha value is -2.41. The lowest BCUT2D eigenvalue weighted by molar-refractivity contribution is -0.146. The molecule has 0 spiro atoms. The minimum atomic E-state index is -0.900. The summed E-state index contributed by atoms with van der Waals surface area (Å²) in [6, 6.07) is 12.5. The van der Waals surface area contributed by atoms with Gasteiger partial charge in [-0.1, -0.05) is 24.3 Å². The number of anilines is 1. The predicted molar refractivity (Wildman–Crippen MR) is 87.7 cm³/mol. The van der Waals surface area contributed by atoms with E-state index in [9.17, 15) is 18.4 Å². The molecule has 0 aliphatic carbocycles. The maximum atomic E-state index is 13.4. The van der Waals surface area contributed by atoms with Crippen LogP contribution in [0.25, 0.3) is 0 Å². The van der Waals surface area contributed by atoms with Crippen LogP contribution in [0.3, 0.4) is 0 Å². The van der Waals surface area contributed by atoms with Gasteiger partial charge in [0.2, 0.25) is 0 Å². The molecule has 0 aliphatic rings. The summed E-state index contributed by atoms with van der Waals surface area (Å²) in [4.78, 5) is 24.4. The number of ether oxygens (including phenoxy) is 1. The van der Waals surface area contributed by atoms with Crippen molar-refractivity contribution in [2.45, 2.75) is 17.1 Å². The van der Waals surface area contributed by atoms with Gasteiger partial charge < -0.3 is 10.1 Å². The van der Waals surface area contributed by atoms with Crippen molar-refractivity contribution >= 4 is 29.3 Å². The highest BCUT2D eigenvalue weighted by Gasteiger charge is 2.18. The molecule has 1 amide bonds. The largest absolute Gasteiger partial charge is 0.455 e. The molecule has 4 nitrogen and oxygen atoms in total. The second kappa shape index (κ2) is 8.44. The first-order valence-electron chi connectivity index (χ1n) is 7.09. The molecule has 0 fully saturated rings. The van der Waals surface area contributed by atoms with Crippen molar-refractivity contribution in [3.05, 3.63) is 60.2 Å². The molecule has 0 aromatic heterocycles. The van der Waals surface area contributed by atoms with Crippen molar-refractivity contribution in [2.24, 2.45) is 0 Å². The Morgan fingerprint density at radius 2 is 1.71 bits per heavy atom. The highest BCUT2D eigenvalue weighted by atomic mass is 32.2. The molecule has 0 bridgehead atoms. The Morgan fingerprint density at radius 3 is 2.33 bits per heavy atom. The van der Waals surface area contributed by atoms with Gasteiger partial charge in [-0.05, 0) is 31.2 Å². The first-order valence-corrected chi connectivity index (χ1v) is 7.97. The Bertz CT molecular complexity index is 705. The lowest BCUT2D eigenvalue weighted by Gasteiger charge is -2.12. The van der Waals surface area contributed by atoms with E-state index < -0.39 is 41.1 Å². The van der Waals surface area contributed by atoms with Crippen molar-refractivity contribution in [1.29, 1.82) is 0 Å². The summed E-state index contributed by atoms with van der Waals surface area (Å²) in [5.41, 5.74) is -0.565. The maximum absolute atomic E-state index is 13.4. The molecule has 7 heteroatoms. The minimum absolute atomic E-state index is 0.523. The summed E-state index contributed by atoms with van der Waals surface area (Å²) in [5, 5.41) is 1.53. The Morgan fingerprint density at radius 1 is 1.08 bits per heavy atom. The normalized spacial score (nSPS) is 11.6. The van der Waals surface area contributed by atoms with E-state index in [1.165, 1.54) is 17.8 Å². The van der Waals surface area contributed by atoms with E-state index in [2.05, 4.69) is 0 Å². The molecule has 1 atom stereocenters. The zero-order valence-electron chi connectivity index (χ0n) is 12.8. The molecule has 2 aromatic rings. The fourth-order valence-electron chi connectivity index (χ4n) is 1.80. The highest BCUT2D eigenvalue weighted by Crippen LogP contribution is 2.23. The molecular formula is C17H15F2NO3S. The molecule has 2 rings (SSSR count). The lowest BCUT2D eigenvalue weighted by Crippen LogP contribution is -2.25. The molecule has 2 aromatic carbocycles. The first-order chi connectivity index (χ1) is 11.5. The topological polar surface area (TPSA) is 55.4 Å². The van der Waals surface area contributed by atoms with Crippen LogP contribution in [0.4, 0.5) is 14.5 Å². The smallest absolute Gasteiger partial charge is 0.319 e. The second-order valence-corrected chi connectivity index (χ2v) is 6.24. The summed E-state index contributed by atoms with van der Waals surface area (Å²) >= 11 is 1.29. The van der Waals surface area contributed by atoms with Crippen LogP contribution in [0.5, 0.6) is 0 Å². The average molecular weight is 351 g/mol. The fraction of sp³-hybridized carbons (Fsp3) is 0.176. The molecule has 0 heterocycles. The van der Waals surface area contributed by atoms with Gasteiger partial charge >= 0.3 is 5.97 Å². The maximum Gasteiger partial charge on any atom is 0.319 e. The van der Waals surface area contributed by atoms with Gasteiger partial charge in [-0.2, -0.15) is 0 Å². The summed E-state index contributed by atoms with van der Waals surface area (Å²) < 4.78 is 31.7. The molecular weight excluding hydrogens is 336 g/mol. The standard InChI is InChI=1S/C17H15F2NO3S/c1-11(24-12-6-3-2-4-7-12)17(22)23-10-15(21)20-16-13(18)8-5-9-14(16)19/h2-9,11H,10H2,1H3,(H,20,21)/t11-/m0/s1. The van der Waals surface area contributed by atoms with E-state index in [-0.39, 0.29) is 0 Å². The zero-order chi connectivity index (χ0) is 17.5. The quantitative estimate of drug-likeness (QED) is 0.638. The van der Waals surface area contributed by atoms with E-state index in [1.807, 2.05) is 35.6 Å². The number of esters is 1. The SMILES string of the molecule is C[C@H](Sc1ccccc1)C(=O)OCC(=O)Nc1c(F)cccc1F. The summed E-state index contributed by atoms with van der Waals surface area (Å²) in [6.45, 7) is 1.03. The Kier molecular flexibility index (Phi) is 6.31. The van der Waals surface area contributed by atoms with Crippen molar-refractivity contribution < 1.29 is 23.1 Å². The Balaban J connectivity index is 1.84. The van der Waals surface area contributed by atoms with Gasteiger partial charge in [0.1, 0.15) is 22.6 Å². The molecule has 0 unspecified atom stereocenters. The van der Waals surface area contributed by atoms with Gasteiger partial charge in [0, 0.05) is 4.90 Å². The number of carbonyl (C=O) groups is 2. The van der Waals surface area contributed by atoms with E-state index in [1.54, 1.807) is 6.92 Å². The zero-order valence-corrected chi connectivity index (χ0v) is 13.6. The second-order valence-electron chi connectivity index (χ2n) is 4.83. The monoisotopic (exact) mass is 351 g/mol.